The van der Waals surface area contributed by atoms with Crippen molar-refractivity contribution in [3.8, 4) is 0 Å². The van der Waals surface area contributed by atoms with Crippen molar-refractivity contribution in [3.05, 3.63) is 23.2 Å². The zero-order chi connectivity index (χ0) is 13.3. The summed E-state index contributed by atoms with van der Waals surface area (Å²) in [6.45, 7) is 0. The first kappa shape index (κ1) is 12.6. The molecule has 7 heteroatoms. The highest BCUT2D eigenvalue weighted by molar-refractivity contribution is 7.17. The van der Waals surface area contributed by atoms with E-state index in [4.69, 9.17) is 9.94 Å². The van der Waals surface area contributed by atoms with Crippen molar-refractivity contribution in [1.82, 2.24) is 9.63 Å². The molecule has 0 bridgehead atoms. The molecule has 0 radical (unpaired) electrons. The third-order valence-electron chi connectivity index (χ3n) is 2.67. The minimum absolute atomic E-state index is 0.109. The SMILES string of the molecule is CON(C)C(=O)Cc1cn(C(=O)O)c2sccc12. The molecule has 0 aromatic carbocycles. The Morgan fingerprint density at radius 2 is 2.28 bits per heavy atom. The van der Waals surface area contributed by atoms with Gasteiger partial charge < -0.3 is 5.11 Å². The van der Waals surface area contributed by atoms with Gasteiger partial charge in [-0.05, 0) is 17.0 Å². The minimum atomic E-state index is -1.05. The highest BCUT2D eigenvalue weighted by atomic mass is 32.1. The Bertz CT molecular complexity index is 601. The molecule has 6 nitrogen and oxygen atoms in total. The van der Waals surface area contributed by atoms with E-state index < -0.39 is 6.09 Å². The van der Waals surface area contributed by atoms with Gasteiger partial charge in [0.15, 0.2) is 0 Å². The largest absolute Gasteiger partial charge is 0.464 e. The Morgan fingerprint density at radius 1 is 1.56 bits per heavy atom. The maximum Gasteiger partial charge on any atom is 0.416 e. The van der Waals surface area contributed by atoms with Crippen molar-refractivity contribution in [2.24, 2.45) is 0 Å². The zero-order valence-corrected chi connectivity index (χ0v) is 10.7. The number of likely N-dealkylation sites (N-methyl/N-ethyl adjacent to an activating group) is 1. The van der Waals surface area contributed by atoms with Crippen LogP contribution in [-0.4, -0.2) is 40.9 Å². The Labute approximate surface area is 107 Å². The summed E-state index contributed by atoms with van der Waals surface area (Å²) >= 11 is 1.33. The number of carboxylic acid groups (broad SMARTS) is 1. The number of hydrogen-bond acceptors (Lipinski definition) is 4. The molecular weight excluding hydrogens is 256 g/mol. The lowest BCUT2D eigenvalue weighted by molar-refractivity contribution is -0.167. The van der Waals surface area contributed by atoms with Gasteiger partial charge in [-0.3, -0.25) is 9.63 Å². The average Bonchev–Trinajstić information content (AvgIpc) is 2.91. The second kappa shape index (κ2) is 4.79. The zero-order valence-electron chi connectivity index (χ0n) is 9.91. The maximum absolute atomic E-state index is 11.7. The number of carbonyl (C=O) groups is 2. The highest BCUT2D eigenvalue weighted by Crippen LogP contribution is 2.27. The standard InChI is InChI=1S/C11H12N2O4S/c1-12(17-2)9(14)5-7-6-13(11(15)16)10-8(7)3-4-18-10/h3-4,6H,5H2,1-2H3,(H,15,16). The van der Waals surface area contributed by atoms with Crippen LogP contribution in [0.5, 0.6) is 0 Å². The van der Waals surface area contributed by atoms with Gasteiger partial charge in [-0.25, -0.2) is 14.4 Å². The van der Waals surface area contributed by atoms with Gasteiger partial charge in [-0.2, -0.15) is 0 Å². The summed E-state index contributed by atoms with van der Waals surface area (Å²) in [5.41, 5.74) is 0.683. The van der Waals surface area contributed by atoms with E-state index in [0.29, 0.717) is 10.4 Å². The Hall–Kier alpha value is -1.86. The third-order valence-corrected chi connectivity index (χ3v) is 3.58. The number of rotatable bonds is 3. The van der Waals surface area contributed by atoms with Crippen LogP contribution in [0.2, 0.25) is 0 Å². The molecule has 96 valence electrons. The van der Waals surface area contributed by atoms with Gasteiger partial charge in [-0.1, -0.05) is 0 Å². The number of hydroxylamine groups is 2. The van der Waals surface area contributed by atoms with Gasteiger partial charge in [0.05, 0.1) is 13.5 Å². The first-order valence-electron chi connectivity index (χ1n) is 5.16. The number of fused-ring (bicyclic) bond motifs is 1. The van der Waals surface area contributed by atoms with Crippen LogP contribution >= 0.6 is 11.3 Å². The van der Waals surface area contributed by atoms with E-state index in [0.717, 1.165) is 15.0 Å². The molecule has 2 rings (SSSR count). The summed E-state index contributed by atoms with van der Waals surface area (Å²) < 4.78 is 1.13. The van der Waals surface area contributed by atoms with Crippen LogP contribution in [0.15, 0.2) is 17.6 Å². The van der Waals surface area contributed by atoms with Crippen LogP contribution < -0.4 is 0 Å². The van der Waals surface area contributed by atoms with Gasteiger partial charge in [-0.15, -0.1) is 11.3 Å². The first-order valence-corrected chi connectivity index (χ1v) is 6.04. The molecule has 0 aliphatic carbocycles. The molecule has 18 heavy (non-hydrogen) atoms. The Balaban J connectivity index is 2.37. The van der Waals surface area contributed by atoms with Crippen molar-refractivity contribution in [1.29, 1.82) is 0 Å². The van der Waals surface area contributed by atoms with E-state index in [1.165, 1.54) is 31.7 Å². The quantitative estimate of drug-likeness (QED) is 0.861. The van der Waals surface area contributed by atoms with Gasteiger partial charge >= 0.3 is 6.09 Å². The molecule has 0 spiro atoms. The summed E-state index contributed by atoms with van der Waals surface area (Å²) in [4.78, 5) is 28.2. The fourth-order valence-electron chi connectivity index (χ4n) is 1.68. The predicted octanol–water partition coefficient (Wildman–Crippen LogP) is 1.79. The van der Waals surface area contributed by atoms with Crippen molar-refractivity contribution in [2.75, 3.05) is 14.2 Å². The molecule has 0 aliphatic rings. The second-order valence-electron chi connectivity index (χ2n) is 3.70. The summed E-state index contributed by atoms with van der Waals surface area (Å²) in [5, 5.41) is 12.8. The number of amides is 1. The van der Waals surface area contributed by atoms with E-state index in [9.17, 15) is 9.59 Å². The van der Waals surface area contributed by atoms with Crippen LogP contribution in [0.3, 0.4) is 0 Å². The molecule has 0 saturated heterocycles. The van der Waals surface area contributed by atoms with Crippen LogP contribution in [-0.2, 0) is 16.1 Å². The van der Waals surface area contributed by atoms with Crippen molar-refractivity contribution in [3.63, 3.8) is 0 Å². The first-order chi connectivity index (χ1) is 8.54. The van der Waals surface area contributed by atoms with Crippen LogP contribution in [0, 0.1) is 0 Å². The van der Waals surface area contributed by atoms with Crippen LogP contribution in [0.25, 0.3) is 10.2 Å². The smallest absolute Gasteiger partial charge is 0.416 e. The molecule has 0 atom stereocenters. The number of nitrogens with zero attached hydrogens (tertiary/aromatic N) is 2. The molecule has 0 saturated carbocycles. The molecule has 1 N–H and O–H groups in total. The third kappa shape index (κ3) is 2.09. The van der Waals surface area contributed by atoms with Gasteiger partial charge in [0.1, 0.15) is 4.83 Å². The molecule has 2 aromatic heterocycles. The highest BCUT2D eigenvalue weighted by Gasteiger charge is 2.17. The minimum Gasteiger partial charge on any atom is -0.464 e. The Kier molecular flexibility index (Phi) is 3.35. The normalized spacial score (nSPS) is 10.8. The van der Waals surface area contributed by atoms with E-state index in [1.54, 1.807) is 5.38 Å². The molecule has 0 fully saturated rings. The molecule has 2 aromatic rings. The lowest BCUT2D eigenvalue weighted by Gasteiger charge is -2.12. The molecule has 1 amide bonds. The monoisotopic (exact) mass is 268 g/mol. The van der Waals surface area contributed by atoms with Crippen molar-refractivity contribution < 1.29 is 19.5 Å². The maximum atomic E-state index is 11.7. The molecule has 0 unspecified atom stereocenters. The average molecular weight is 268 g/mol. The fourth-order valence-corrected chi connectivity index (χ4v) is 2.58. The molecule has 0 aliphatic heterocycles. The fraction of sp³-hybridized carbons (Fsp3) is 0.273. The van der Waals surface area contributed by atoms with E-state index in [1.807, 2.05) is 6.07 Å². The summed E-state index contributed by atoms with van der Waals surface area (Å²) in [6, 6.07) is 1.81. The van der Waals surface area contributed by atoms with E-state index >= 15 is 0 Å². The number of hydrogen-bond donors (Lipinski definition) is 1. The topological polar surface area (TPSA) is 71.8 Å². The predicted molar refractivity (Wildman–Crippen MR) is 66.7 cm³/mol. The van der Waals surface area contributed by atoms with Crippen molar-refractivity contribution >= 4 is 33.6 Å². The van der Waals surface area contributed by atoms with E-state index in [-0.39, 0.29) is 12.3 Å². The molecule has 2 heterocycles. The summed E-state index contributed by atoms with van der Waals surface area (Å²) in [5.74, 6) is -0.229. The number of aromatic nitrogens is 1. The lowest BCUT2D eigenvalue weighted by Crippen LogP contribution is -2.26. The summed E-state index contributed by atoms with van der Waals surface area (Å²) in [7, 11) is 2.92. The van der Waals surface area contributed by atoms with Gasteiger partial charge in [0, 0.05) is 18.6 Å². The number of carbonyl (C=O) groups excluding carboxylic acids is 1. The van der Waals surface area contributed by atoms with Crippen LogP contribution in [0.4, 0.5) is 4.79 Å². The Morgan fingerprint density at radius 3 is 2.89 bits per heavy atom. The lowest BCUT2D eigenvalue weighted by atomic mass is 10.2. The van der Waals surface area contributed by atoms with Crippen LogP contribution in [0.1, 0.15) is 5.56 Å². The van der Waals surface area contributed by atoms with E-state index in [2.05, 4.69) is 0 Å². The second-order valence-corrected chi connectivity index (χ2v) is 4.59. The summed E-state index contributed by atoms with van der Waals surface area (Å²) in [6.07, 6.45) is 0.532. The number of thiophene rings is 1. The van der Waals surface area contributed by atoms with Crippen molar-refractivity contribution in [2.45, 2.75) is 6.42 Å². The molecular formula is C11H12N2O4S. The van der Waals surface area contributed by atoms with Gasteiger partial charge in [0.2, 0.25) is 5.91 Å². The van der Waals surface area contributed by atoms with Gasteiger partial charge in [0.25, 0.3) is 0 Å².